The SMILES string of the molecule is CN(CCCNc1cc(-c2ccccc2Cl)nc2c(Br)cnn12)C(=O)C1CCc2ccccc2C1. The van der Waals surface area contributed by atoms with E-state index in [4.69, 9.17) is 16.6 Å². The van der Waals surface area contributed by atoms with Crippen LogP contribution < -0.4 is 5.32 Å². The number of fused-ring (bicyclic) bond motifs is 2. The summed E-state index contributed by atoms with van der Waals surface area (Å²) in [4.78, 5) is 19.7. The van der Waals surface area contributed by atoms with Crippen LogP contribution >= 0.6 is 27.5 Å². The predicted octanol–water partition coefficient (Wildman–Crippen LogP) is 5.88. The molecule has 0 aliphatic heterocycles. The van der Waals surface area contributed by atoms with Gasteiger partial charge in [0.1, 0.15) is 5.82 Å². The number of rotatable bonds is 7. The Hall–Kier alpha value is -2.90. The number of halogens is 2. The first kappa shape index (κ1) is 23.8. The number of carbonyl (C=O) groups is 1. The molecule has 6 nitrogen and oxygen atoms in total. The third-order valence-corrected chi connectivity index (χ3v) is 7.52. The summed E-state index contributed by atoms with van der Waals surface area (Å²) < 4.78 is 2.59. The van der Waals surface area contributed by atoms with Gasteiger partial charge >= 0.3 is 0 Å². The lowest BCUT2D eigenvalue weighted by molar-refractivity contribution is -0.134. The van der Waals surface area contributed by atoms with Gasteiger partial charge in [0.2, 0.25) is 5.91 Å². The second-order valence-corrected chi connectivity index (χ2v) is 10.2. The molecular formula is C27H27BrClN5O. The van der Waals surface area contributed by atoms with Gasteiger partial charge in [0.25, 0.3) is 0 Å². The Balaban J connectivity index is 1.22. The Labute approximate surface area is 218 Å². The molecule has 8 heteroatoms. The van der Waals surface area contributed by atoms with Crippen molar-refractivity contribution in [3.05, 3.63) is 81.4 Å². The van der Waals surface area contributed by atoms with Crippen molar-refractivity contribution < 1.29 is 4.79 Å². The molecule has 2 heterocycles. The molecule has 1 atom stereocenters. The lowest BCUT2D eigenvalue weighted by Gasteiger charge is -2.28. The lowest BCUT2D eigenvalue weighted by atomic mass is 9.83. The van der Waals surface area contributed by atoms with Gasteiger partial charge in [-0.2, -0.15) is 9.61 Å². The quantitative estimate of drug-likeness (QED) is 0.291. The number of nitrogens with one attached hydrogen (secondary N) is 1. The molecule has 2 aromatic carbocycles. The van der Waals surface area contributed by atoms with Gasteiger partial charge in [0.05, 0.1) is 16.4 Å². The maximum Gasteiger partial charge on any atom is 0.225 e. The Kier molecular flexibility index (Phi) is 7.07. The summed E-state index contributed by atoms with van der Waals surface area (Å²) in [5, 5.41) is 8.57. The highest BCUT2D eigenvalue weighted by atomic mass is 79.9. The van der Waals surface area contributed by atoms with Crippen LogP contribution in [0.1, 0.15) is 24.0 Å². The Bertz CT molecular complexity index is 1370. The average Bonchev–Trinajstić information content (AvgIpc) is 3.26. The van der Waals surface area contributed by atoms with Crippen LogP contribution in [-0.2, 0) is 17.6 Å². The fourth-order valence-corrected chi connectivity index (χ4v) is 5.31. The molecule has 0 spiro atoms. The first-order valence-electron chi connectivity index (χ1n) is 11.9. The van der Waals surface area contributed by atoms with E-state index in [1.54, 1.807) is 10.7 Å². The van der Waals surface area contributed by atoms with Gasteiger partial charge in [-0.1, -0.05) is 54.1 Å². The van der Waals surface area contributed by atoms with Crippen LogP contribution in [-0.4, -0.2) is 45.5 Å². The molecular weight excluding hydrogens is 526 g/mol. The summed E-state index contributed by atoms with van der Waals surface area (Å²) in [7, 11) is 1.91. The maximum atomic E-state index is 13.0. The van der Waals surface area contributed by atoms with E-state index in [0.717, 1.165) is 52.9 Å². The lowest BCUT2D eigenvalue weighted by Crippen LogP contribution is -2.36. The van der Waals surface area contributed by atoms with Gasteiger partial charge in [-0.25, -0.2) is 4.98 Å². The largest absolute Gasteiger partial charge is 0.370 e. The van der Waals surface area contributed by atoms with Crippen molar-refractivity contribution in [2.45, 2.75) is 25.7 Å². The van der Waals surface area contributed by atoms with Crippen molar-refractivity contribution >= 4 is 44.9 Å². The number of nitrogens with zero attached hydrogens (tertiary/aromatic N) is 4. The number of carbonyl (C=O) groups excluding carboxylic acids is 1. The molecule has 0 saturated heterocycles. The first-order valence-corrected chi connectivity index (χ1v) is 13.0. The van der Waals surface area contributed by atoms with Gasteiger partial charge in [0, 0.05) is 42.7 Å². The predicted molar refractivity (Wildman–Crippen MR) is 144 cm³/mol. The number of amides is 1. The Morgan fingerprint density at radius 1 is 1.20 bits per heavy atom. The molecule has 5 rings (SSSR count). The zero-order chi connectivity index (χ0) is 24.4. The van der Waals surface area contributed by atoms with Crippen LogP contribution in [0.4, 0.5) is 5.82 Å². The fourth-order valence-electron chi connectivity index (χ4n) is 4.73. The number of aromatic nitrogens is 3. The minimum absolute atomic E-state index is 0.0716. The van der Waals surface area contributed by atoms with E-state index >= 15 is 0 Å². The maximum absolute atomic E-state index is 13.0. The monoisotopic (exact) mass is 551 g/mol. The molecule has 35 heavy (non-hydrogen) atoms. The van der Waals surface area contributed by atoms with Gasteiger partial charge in [-0.3, -0.25) is 4.79 Å². The molecule has 0 radical (unpaired) electrons. The van der Waals surface area contributed by atoms with Gasteiger partial charge < -0.3 is 10.2 Å². The summed E-state index contributed by atoms with van der Waals surface area (Å²) in [6, 6.07) is 18.1. The molecule has 1 N–H and O–H groups in total. The van der Waals surface area contributed by atoms with Crippen LogP contribution in [0.5, 0.6) is 0 Å². The normalized spacial score (nSPS) is 15.1. The van der Waals surface area contributed by atoms with Crippen LogP contribution in [0.3, 0.4) is 0 Å². The molecule has 1 aliphatic carbocycles. The highest BCUT2D eigenvalue weighted by molar-refractivity contribution is 9.10. The molecule has 4 aromatic rings. The Morgan fingerprint density at radius 3 is 2.80 bits per heavy atom. The van der Waals surface area contributed by atoms with Crippen molar-refractivity contribution in [1.82, 2.24) is 19.5 Å². The average molecular weight is 553 g/mol. The number of hydrogen-bond donors (Lipinski definition) is 1. The second-order valence-electron chi connectivity index (χ2n) is 8.98. The highest BCUT2D eigenvalue weighted by Crippen LogP contribution is 2.30. The fraction of sp³-hybridized carbons (Fsp3) is 0.296. The first-order chi connectivity index (χ1) is 17.0. The van der Waals surface area contributed by atoms with E-state index in [1.165, 1.54) is 11.1 Å². The van der Waals surface area contributed by atoms with Crippen molar-refractivity contribution in [3.63, 3.8) is 0 Å². The minimum atomic E-state index is 0.0716. The number of hydrogen-bond acceptors (Lipinski definition) is 4. The molecule has 2 aromatic heterocycles. The summed E-state index contributed by atoms with van der Waals surface area (Å²) in [5.41, 5.74) is 5.06. The van der Waals surface area contributed by atoms with Crippen molar-refractivity contribution in [2.24, 2.45) is 5.92 Å². The van der Waals surface area contributed by atoms with Crippen LogP contribution in [0, 0.1) is 5.92 Å². The van der Waals surface area contributed by atoms with E-state index in [1.807, 2.05) is 42.3 Å². The second kappa shape index (κ2) is 10.4. The summed E-state index contributed by atoms with van der Waals surface area (Å²) in [6.07, 6.45) is 5.29. The standard InChI is InChI=1S/C27H27BrClN5O/c1-33(27(35)20-12-11-18-7-2-3-8-19(18)15-20)14-6-13-30-25-16-24(21-9-4-5-10-23(21)29)32-26-22(28)17-31-34(25)26/h2-5,7-10,16-17,20,30H,6,11-15H2,1H3. The third-order valence-electron chi connectivity index (χ3n) is 6.63. The van der Waals surface area contributed by atoms with Crippen molar-refractivity contribution in [2.75, 3.05) is 25.5 Å². The summed E-state index contributed by atoms with van der Waals surface area (Å²) >= 11 is 9.97. The van der Waals surface area contributed by atoms with Crippen molar-refractivity contribution in [1.29, 1.82) is 0 Å². The zero-order valence-corrected chi connectivity index (χ0v) is 21.9. The topological polar surface area (TPSA) is 62.5 Å². The van der Waals surface area contributed by atoms with E-state index in [0.29, 0.717) is 18.1 Å². The molecule has 0 saturated carbocycles. The molecule has 1 unspecified atom stereocenters. The highest BCUT2D eigenvalue weighted by Gasteiger charge is 2.26. The van der Waals surface area contributed by atoms with Gasteiger partial charge in [-0.15, -0.1) is 0 Å². The summed E-state index contributed by atoms with van der Waals surface area (Å²) in [6.45, 7) is 1.39. The van der Waals surface area contributed by atoms with Crippen molar-refractivity contribution in [3.8, 4) is 11.3 Å². The number of aryl methyl sites for hydroxylation is 1. The molecule has 0 fully saturated rings. The van der Waals surface area contributed by atoms with E-state index in [9.17, 15) is 4.79 Å². The number of anilines is 1. The van der Waals surface area contributed by atoms with Gasteiger partial charge in [0.15, 0.2) is 5.65 Å². The number of benzene rings is 2. The Morgan fingerprint density at radius 2 is 1.97 bits per heavy atom. The molecule has 1 aliphatic rings. The zero-order valence-electron chi connectivity index (χ0n) is 19.5. The van der Waals surface area contributed by atoms with Crippen LogP contribution in [0.15, 0.2) is 65.3 Å². The van der Waals surface area contributed by atoms with E-state index < -0.39 is 0 Å². The minimum Gasteiger partial charge on any atom is -0.370 e. The van der Waals surface area contributed by atoms with Gasteiger partial charge in [-0.05, 0) is 58.8 Å². The van der Waals surface area contributed by atoms with Crippen LogP contribution in [0.2, 0.25) is 5.02 Å². The third kappa shape index (κ3) is 5.07. The smallest absolute Gasteiger partial charge is 0.225 e. The van der Waals surface area contributed by atoms with E-state index in [2.05, 4.69) is 50.6 Å². The molecule has 0 bridgehead atoms. The molecule has 180 valence electrons. The van der Waals surface area contributed by atoms with Crippen LogP contribution in [0.25, 0.3) is 16.9 Å². The summed E-state index contributed by atoms with van der Waals surface area (Å²) in [5.74, 6) is 1.14. The molecule has 1 amide bonds. The van der Waals surface area contributed by atoms with E-state index in [-0.39, 0.29) is 11.8 Å².